The lowest BCUT2D eigenvalue weighted by molar-refractivity contribution is -0.384. The van der Waals surface area contributed by atoms with Crippen molar-refractivity contribution >= 4 is 23.1 Å². The van der Waals surface area contributed by atoms with Crippen LogP contribution in [0.2, 0.25) is 0 Å². The average Bonchev–Trinajstić information content (AvgIpc) is 3.05. The lowest BCUT2D eigenvalue weighted by Crippen LogP contribution is -2.29. The van der Waals surface area contributed by atoms with Crippen LogP contribution in [0.3, 0.4) is 0 Å². The van der Waals surface area contributed by atoms with Crippen LogP contribution in [-0.2, 0) is 16.1 Å². The number of nitro benzene ring substituents is 1. The number of Topliss-reactive ketones (excluding diaryl/α,β-unsaturated/α-hetero) is 1. The molecular formula is C24H17FN2O6. The minimum absolute atomic E-state index is 0.0235. The van der Waals surface area contributed by atoms with Crippen LogP contribution in [0.4, 0.5) is 10.1 Å². The van der Waals surface area contributed by atoms with E-state index >= 15 is 0 Å². The molecule has 2 N–H and O–H groups in total. The molecule has 1 aliphatic heterocycles. The Kier molecular flexibility index (Phi) is 5.61. The number of non-ortho nitro benzene ring substituents is 1. The standard InChI is InChI=1S/C24H17FN2O6/c25-17-7-1-14(2-8-17)13-26-21(15-5-11-19(28)12-6-15)20(23(30)24(26)31)22(29)16-3-9-18(10-4-16)27(32)33/h1-12,21,28-29H,13H2/b22-20-. The molecule has 0 spiro atoms. The Morgan fingerprint density at radius 1 is 0.970 bits per heavy atom. The molecule has 1 fully saturated rings. The number of aliphatic hydroxyl groups excluding tert-OH is 1. The monoisotopic (exact) mass is 448 g/mol. The first-order chi connectivity index (χ1) is 15.8. The van der Waals surface area contributed by atoms with Crippen molar-refractivity contribution in [3.8, 4) is 5.75 Å². The minimum Gasteiger partial charge on any atom is -0.508 e. The molecule has 33 heavy (non-hydrogen) atoms. The Labute approximate surface area is 187 Å². The van der Waals surface area contributed by atoms with Gasteiger partial charge in [-0.25, -0.2) is 4.39 Å². The van der Waals surface area contributed by atoms with Gasteiger partial charge in [-0.05, 0) is 47.5 Å². The largest absolute Gasteiger partial charge is 0.508 e. The number of aliphatic hydroxyl groups is 1. The molecule has 1 atom stereocenters. The lowest BCUT2D eigenvalue weighted by atomic mass is 9.95. The van der Waals surface area contributed by atoms with Crippen LogP contribution in [0, 0.1) is 15.9 Å². The van der Waals surface area contributed by atoms with Gasteiger partial charge < -0.3 is 15.1 Å². The summed E-state index contributed by atoms with van der Waals surface area (Å²) in [5, 5.41) is 31.5. The van der Waals surface area contributed by atoms with Crippen LogP contribution < -0.4 is 0 Å². The third-order valence-corrected chi connectivity index (χ3v) is 5.37. The van der Waals surface area contributed by atoms with Crippen molar-refractivity contribution in [2.45, 2.75) is 12.6 Å². The summed E-state index contributed by atoms with van der Waals surface area (Å²) in [5.41, 5.74) is 0.763. The minimum atomic E-state index is -0.995. The highest BCUT2D eigenvalue weighted by molar-refractivity contribution is 6.46. The van der Waals surface area contributed by atoms with Crippen molar-refractivity contribution in [1.82, 2.24) is 4.90 Å². The van der Waals surface area contributed by atoms with Crippen molar-refractivity contribution in [1.29, 1.82) is 0 Å². The van der Waals surface area contributed by atoms with Gasteiger partial charge in [-0.3, -0.25) is 19.7 Å². The third-order valence-electron chi connectivity index (χ3n) is 5.37. The van der Waals surface area contributed by atoms with Crippen LogP contribution in [0.25, 0.3) is 5.76 Å². The Balaban J connectivity index is 1.83. The van der Waals surface area contributed by atoms with Gasteiger partial charge in [0.15, 0.2) is 0 Å². The van der Waals surface area contributed by atoms with E-state index in [1.165, 1.54) is 77.7 Å². The second-order valence-electron chi connectivity index (χ2n) is 7.45. The van der Waals surface area contributed by atoms with Crippen LogP contribution in [0.5, 0.6) is 5.75 Å². The van der Waals surface area contributed by atoms with Gasteiger partial charge in [0, 0.05) is 24.2 Å². The van der Waals surface area contributed by atoms with Crippen molar-refractivity contribution in [3.63, 3.8) is 0 Å². The van der Waals surface area contributed by atoms with E-state index in [0.717, 1.165) is 0 Å². The quantitative estimate of drug-likeness (QED) is 0.200. The zero-order valence-electron chi connectivity index (χ0n) is 17.0. The van der Waals surface area contributed by atoms with E-state index in [2.05, 4.69) is 0 Å². The molecule has 0 saturated carbocycles. The predicted molar refractivity (Wildman–Crippen MR) is 115 cm³/mol. The number of likely N-dealkylation sites (tertiary alicyclic amines) is 1. The molecular weight excluding hydrogens is 431 g/mol. The van der Waals surface area contributed by atoms with Gasteiger partial charge in [-0.2, -0.15) is 0 Å². The van der Waals surface area contributed by atoms with Gasteiger partial charge in [-0.1, -0.05) is 24.3 Å². The molecule has 0 aromatic heterocycles. The summed E-state index contributed by atoms with van der Waals surface area (Å²) in [5.74, 6) is -2.74. The summed E-state index contributed by atoms with van der Waals surface area (Å²) in [4.78, 5) is 37.5. The number of halogens is 1. The van der Waals surface area contributed by atoms with Crippen molar-refractivity contribution in [2.24, 2.45) is 0 Å². The fraction of sp³-hybridized carbons (Fsp3) is 0.0833. The smallest absolute Gasteiger partial charge is 0.295 e. The summed E-state index contributed by atoms with van der Waals surface area (Å²) in [6.07, 6.45) is 0. The number of carbonyl (C=O) groups excluding carboxylic acids is 2. The molecule has 1 heterocycles. The van der Waals surface area contributed by atoms with Gasteiger partial charge in [0.2, 0.25) is 0 Å². The topological polar surface area (TPSA) is 121 Å². The molecule has 4 rings (SSSR count). The van der Waals surface area contributed by atoms with E-state index in [1.807, 2.05) is 0 Å². The van der Waals surface area contributed by atoms with Crippen molar-refractivity contribution in [3.05, 3.63) is 111 Å². The molecule has 1 aliphatic rings. The number of nitro groups is 1. The lowest BCUT2D eigenvalue weighted by Gasteiger charge is -2.25. The number of aromatic hydroxyl groups is 1. The maximum atomic E-state index is 13.3. The van der Waals surface area contributed by atoms with Crippen LogP contribution in [0.15, 0.2) is 78.4 Å². The summed E-state index contributed by atoms with van der Waals surface area (Å²) in [6.45, 7) is -0.0343. The summed E-state index contributed by atoms with van der Waals surface area (Å²) in [6, 6.07) is 15.2. The van der Waals surface area contributed by atoms with Crippen LogP contribution in [-0.4, -0.2) is 31.7 Å². The Bertz CT molecular complexity index is 1270. The number of benzene rings is 3. The molecule has 0 bridgehead atoms. The number of hydrogen-bond donors (Lipinski definition) is 2. The Morgan fingerprint density at radius 3 is 2.15 bits per heavy atom. The molecule has 8 nitrogen and oxygen atoms in total. The predicted octanol–water partition coefficient (Wildman–Crippen LogP) is 4.06. The maximum absolute atomic E-state index is 13.3. The number of nitrogens with zero attached hydrogens (tertiary/aromatic N) is 2. The molecule has 3 aromatic rings. The first-order valence-corrected chi connectivity index (χ1v) is 9.83. The van der Waals surface area contributed by atoms with Gasteiger partial charge in [0.1, 0.15) is 17.3 Å². The number of carbonyl (C=O) groups is 2. The molecule has 1 saturated heterocycles. The van der Waals surface area contributed by atoms with Gasteiger partial charge in [0.25, 0.3) is 17.4 Å². The summed E-state index contributed by atoms with van der Waals surface area (Å²) < 4.78 is 13.3. The molecule has 9 heteroatoms. The zero-order valence-corrected chi connectivity index (χ0v) is 17.0. The number of phenols is 1. The van der Waals surface area contributed by atoms with E-state index in [9.17, 15) is 34.3 Å². The number of rotatable bonds is 5. The first kappa shape index (κ1) is 21.7. The van der Waals surface area contributed by atoms with Crippen LogP contribution >= 0.6 is 0 Å². The van der Waals surface area contributed by atoms with E-state index in [4.69, 9.17) is 0 Å². The van der Waals surface area contributed by atoms with E-state index in [0.29, 0.717) is 11.1 Å². The fourth-order valence-corrected chi connectivity index (χ4v) is 3.73. The molecule has 0 aliphatic carbocycles. The molecule has 166 valence electrons. The fourth-order valence-electron chi connectivity index (χ4n) is 3.73. The SMILES string of the molecule is O=C1C(=O)N(Cc2ccc(F)cc2)C(c2ccc(O)cc2)/C1=C(/O)c1ccc([N+](=O)[O-])cc1. The van der Waals surface area contributed by atoms with Gasteiger partial charge in [-0.15, -0.1) is 0 Å². The zero-order chi connectivity index (χ0) is 23.7. The molecule has 3 aromatic carbocycles. The summed E-state index contributed by atoms with van der Waals surface area (Å²) >= 11 is 0. The second-order valence-corrected chi connectivity index (χ2v) is 7.45. The number of amides is 1. The second kappa shape index (κ2) is 8.54. The van der Waals surface area contributed by atoms with E-state index < -0.39 is 34.2 Å². The number of hydrogen-bond acceptors (Lipinski definition) is 6. The number of ketones is 1. The van der Waals surface area contributed by atoms with Gasteiger partial charge in [0.05, 0.1) is 16.5 Å². The normalized spacial score (nSPS) is 17.4. The number of phenolic OH excluding ortho intramolecular Hbond substituents is 1. The highest BCUT2D eigenvalue weighted by Crippen LogP contribution is 2.40. The first-order valence-electron chi connectivity index (χ1n) is 9.83. The van der Waals surface area contributed by atoms with Crippen molar-refractivity contribution in [2.75, 3.05) is 0 Å². The molecule has 1 unspecified atom stereocenters. The highest BCUT2D eigenvalue weighted by atomic mass is 19.1. The highest BCUT2D eigenvalue weighted by Gasteiger charge is 2.46. The van der Waals surface area contributed by atoms with Crippen molar-refractivity contribution < 1.29 is 29.1 Å². The van der Waals surface area contributed by atoms with Crippen LogP contribution in [0.1, 0.15) is 22.7 Å². The average molecular weight is 448 g/mol. The van der Waals surface area contributed by atoms with Gasteiger partial charge >= 0.3 is 0 Å². The third kappa shape index (κ3) is 4.16. The maximum Gasteiger partial charge on any atom is 0.295 e. The van der Waals surface area contributed by atoms with E-state index in [1.54, 1.807) is 0 Å². The molecule has 0 radical (unpaired) electrons. The molecule has 1 amide bonds. The van der Waals surface area contributed by atoms with E-state index in [-0.39, 0.29) is 29.1 Å². The Hall–Kier alpha value is -4.53. The summed E-state index contributed by atoms with van der Waals surface area (Å²) in [7, 11) is 0. The Morgan fingerprint density at radius 2 is 1.58 bits per heavy atom.